The molecule has 0 aliphatic heterocycles. The van der Waals surface area contributed by atoms with Gasteiger partial charge in [-0.1, -0.05) is 18.2 Å². The fourth-order valence-electron chi connectivity index (χ4n) is 2.88. The second-order valence-electron chi connectivity index (χ2n) is 7.15. The molecule has 0 aliphatic rings. The SMILES string of the molecule is Cc1ccc(OCC(=O)N/N=C\c2cccc(Oc3ccc([N+](=O)[O-])cc3[N+](=O)[O-])c2)c([N+](=O)[O-])c1. The van der Waals surface area contributed by atoms with Crippen molar-refractivity contribution in [3.63, 3.8) is 0 Å². The summed E-state index contributed by atoms with van der Waals surface area (Å²) in [5.41, 5.74) is 2.03. The quantitative estimate of drug-likeness (QED) is 0.246. The van der Waals surface area contributed by atoms with Crippen LogP contribution in [0.5, 0.6) is 17.2 Å². The minimum absolute atomic E-state index is 0.0603. The first-order valence-electron chi connectivity index (χ1n) is 10.0. The number of hydrogen-bond donors (Lipinski definition) is 1. The Hall–Kier alpha value is -5.40. The highest BCUT2D eigenvalue weighted by Crippen LogP contribution is 2.34. The highest BCUT2D eigenvalue weighted by atomic mass is 16.6. The second-order valence-corrected chi connectivity index (χ2v) is 7.15. The number of nitro groups is 3. The maximum Gasteiger partial charge on any atom is 0.318 e. The van der Waals surface area contributed by atoms with Crippen molar-refractivity contribution in [2.75, 3.05) is 6.61 Å². The lowest BCUT2D eigenvalue weighted by molar-refractivity contribution is -0.394. The van der Waals surface area contributed by atoms with Gasteiger partial charge in [-0.15, -0.1) is 0 Å². The standard InChI is InChI=1S/C22H17N5O9/c1-14-5-7-20(18(9-14)26(31)32)35-13-22(28)24-23-12-15-3-2-4-17(10-15)36-21-8-6-16(25(29)30)11-19(21)27(33)34/h2-12H,13H2,1H3,(H,24,28)/b23-12-. The number of nitrogens with zero attached hydrogens (tertiary/aromatic N) is 4. The molecule has 0 aliphatic carbocycles. The molecule has 0 saturated heterocycles. The van der Waals surface area contributed by atoms with Gasteiger partial charge < -0.3 is 9.47 Å². The zero-order chi connectivity index (χ0) is 26.2. The molecular formula is C22H17N5O9. The van der Waals surface area contributed by atoms with Gasteiger partial charge in [-0.2, -0.15) is 5.10 Å². The highest BCUT2D eigenvalue weighted by molar-refractivity contribution is 5.83. The molecule has 184 valence electrons. The zero-order valence-electron chi connectivity index (χ0n) is 18.5. The van der Waals surface area contributed by atoms with Crippen LogP contribution < -0.4 is 14.9 Å². The van der Waals surface area contributed by atoms with E-state index in [0.29, 0.717) is 11.1 Å². The summed E-state index contributed by atoms with van der Waals surface area (Å²) in [6, 6.07) is 13.5. The number of hydrogen-bond acceptors (Lipinski definition) is 10. The van der Waals surface area contributed by atoms with Crippen molar-refractivity contribution in [2.45, 2.75) is 6.92 Å². The minimum atomic E-state index is -0.795. The normalized spacial score (nSPS) is 10.6. The van der Waals surface area contributed by atoms with Crippen LogP contribution in [-0.2, 0) is 4.79 Å². The van der Waals surface area contributed by atoms with Gasteiger partial charge in [-0.3, -0.25) is 35.1 Å². The lowest BCUT2D eigenvalue weighted by Crippen LogP contribution is -2.24. The van der Waals surface area contributed by atoms with E-state index in [1.54, 1.807) is 25.1 Å². The lowest BCUT2D eigenvalue weighted by atomic mass is 10.2. The maximum absolute atomic E-state index is 12.0. The highest BCUT2D eigenvalue weighted by Gasteiger charge is 2.21. The first-order valence-corrected chi connectivity index (χ1v) is 10.0. The Balaban J connectivity index is 1.62. The summed E-state index contributed by atoms with van der Waals surface area (Å²) in [4.78, 5) is 43.1. The average molecular weight is 495 g/mol. The van der Waals surface area contributed by atoms with Crippen LogP contribution in [0.2, 0.25) is 0 Å². The molecule has 3 rings (SSSR count). The Morgan fingerprint density at radius 3 is 2.31 bits per heavy atom. The molecule has 36 heavy (non-hydrogen) atoms. The summed E-state index contributed by atoms with van der Waals surface area (Å²) >= 11 is 0. The van der Waals surface area contributed by atoms with Gasteiger partial charge in [0.2, 0.25) is 5.75 Å². The van der Waals surface area contributed by atoms with Crippen LogP contribution in [0, 0.1) is 37.3 Å². The van der Waals surface area contributed by atoms with Crippen LogP contribution >= 0.6 is 0 Å². The summed E-state index contributed by atoms with van der Waals surface area (Å²) in [6.45, 7) is 1.17. The molecule has 14 nitrogen and oxygen atoms in total. The predicted molar refractivity (Wildman–Crippen MR) is 125 cm³/mol. The number of hydrazone groups is 1. The Labute approximate surface area is 202 Å². The molecule has 3 aromatic rings. The van der Waals surface area contributed by atoms with Crippen molar-refractivity contribution in [2.24, 2.45) is 5.10 Å². The summed E-state index contributed by atoms with van der Waals surface area (Å²) in [5, 5.41) is 37.0. The molecule has 0 radical (unpaired) electrons. The summed E-state index contributed by atoms with van der Waals surface area (Å²) in [5.74, 6) is -0.752. The van der Waals surface area contributed by atoms with Gasteiger partial charge in [0.15, 0.2) is 12.4 Å². The molecule has 0 spiro atoms. The molecular weight excluding hydrogens is 478 g/mol. The summed E-state index contributed by atoms with van der Waals surface area (Å²) in [7, 11) is 0. The molecule has 0 heterocycles. The van der Waals surface area contributed by atoms with Gasteiger partial charge in [0, 0.05) is 12.1 Å². The van der Waals surface area contributed by atoms with E-state index in [1.807, 2.05) is 0 Å². The smallest absolute Gasteiger partial charge is 0.318 e. The average Bonchev–Trinajstić information content (AvgIpc) is 2.83. The van der Waals surface area contributed by atoms with E-state index in [4.69, 9.17) is 9.47 Å². The summed E-state index contributed by atoms with van der Waals surface area (Å²) < 4.78 is 10.7. The number of amides is 1. The van der Waals surface area contributed by atoms with Gasteiger partial charge in [-0.05, 0) is 42.3 Å². The van der Waals surface area contributed by atoms with Crippen molar-refractivity contribution in [3.05, 3.63) is 102 Å². The number of nitrogens with one attached hydrogen (secondary N) is 1. The first kappa shape index (κ1) is 25.2. The monoisotopic (exact) mass is 495 g/mol. The number of nitro benzene ring substituents is 3. The number of carbonyl (C=O) groups is 1. The predicted octanol–water partition coefficient (Wildman–Crippen LogP) is 4.04. The molecule has 0 saturated carbocycles. The molecule has 0 aromatic heterocycles. The largest absolute Gasteiger partial charge is 0.477 e. The number of non-ortho nitro benzene ring substituents is 1. The van der Waals surface area contributed by atoms with E-state index in [2.05, 4.69) is 10.5 Å². The van der Waals surface area contributed by atoms with Crippen molar-refractivity contribution in [3.8, 4) is 17.2 Å². The first-order chi connectivity index (χ1) is 17.1. The third-order valence-electron chi connectivity index (χ3n) is 4.51. The van der Waals surface area contributed by atoms with E-state index in [-0.39, 0.29) is 22.9 Å². The van der Waals surface area contributed by atoms with Crippen molar-refractivity contribution in [1.82, 2.24) is 5.43 Å². The van der Waals surface area contributed by atoms with E-state index < -0.39 is 38.7 Å². The van der Waals surface area contributed by atoms with E-state index in [1.165, 1.54) is 30.5 Å². The molecule has 0 fully saturated rings. The van der Waals surface area contributed by atoms with Crippen LogP contribution in [0.1, 0.15) is 11.1 Å². The zero-order valence-corrected chi connectivity index (χ0v) is 18.5. The fourth-order valence-corrected chi connectivity index (χ4v) is 2.88. The molecule has 0 bridgehead atoms. The van der Waals surface area contributed by atoms with Gasteiger partial charge in [0.25, 0.3) is 11.6 Å². The van der Waals surface area contributed by atoms with Crippen molar-refractivity contribution in [1.29, 1.82) is 0 Å². The Morgan fingerprint density at radius 1 is 0.917 bits per heavy atom. The van der Waals surface area contributed by atoms with E-state index in [0.717, 1.165) is 18.2 Å². The maximum atomic E-state index is 12.0. The number of ether oxygens (including phenoxy) is 2. The van der Waals surface area contributed by atoms with Gasteiger partial charge in [0.05, 0.1) is 27.1 Å². The number of benzene rings is 3. The fraction of sp³-hybridized carbons (Fsp3) is 0.0909. The van der Waals surface area contributed by atoms with Crippen LogP contribution in [0.4, 0.5) is 17.1 Å². The van der Waals surface area contributed by atoms with Gasteiger partial charge in [-0.25, -0.2) is 5.43 Å². The second kappa shape index (κ2) is 11.1. The summed E-state index contributed by atoms with van der Waals surface area (Å²) in [6.07, 6.45) is 1.27. The van der Waals surface area contributed by atoms with Crippen LogP contribution in [0.25, 0.3) is 0 Å². The third kappa shape index (κ3) is 6.57. The molecule has 1 amide bonds. The number of rotatable bonds is 10. The van der Waals surface area contributed by atoms with Crippen LogP contribution in [-0.4, -0.2) is 33.5 Å². The molecule has 1 N–H and O–H groups in total. The minimum Gasteiger partial charge on any atom is -0.477 e. The van der Waals surface area contributed by atoms with Gasteiger partial charge in [0.1, 0.15) is 5.75 Å². The van der Waals surface area contributed by atoms with E-state index in [9.17, 15) is 35.1 Å². The van der Waals surface area contributed by atoms with Crippen LogP contribution in [0.15, 0.2) is 65.8 Å². The number of aryl methyl sites for hydroxylation is 1. The third-order valence-corrected chi connectivity index (χ3v) is 4.51. The van der Waals surface area contributed by atoms with Crippen LogP contribution in [0.3, 0.4) is 0 Å². The van der Waals surface area contributed by atoms with Gasteiger partial charge >= 0.3 is 11.4 Å². The molecule has 0 unspecified atom stereocenters. The Morgan fingerprint density at radius 2 is 1.61 bits per heavy atom. The topological polar surface area (TPSA) is 189 Å². The van der Waals surface area contributed by atoms with Crippen molar-refractivity contribution < 1.29 is 29.0 Å². The van der Waals surface area contributed by atoms with E-state index >= 15 is 0 Å². The molecule has 0 atom stereocenters. The number of carbonyl (C=O) groups excluding carboxylic acids is 1. The lowest BCUT2D eigenvalue weighted by Gasteiger charge is -2.07. The van der Waals surface area contributed by atoms with Crippen molar-refractivity contribution >= 4 is 29.2 Å². The Bertz CT molecular complexity index is 1370. The molecule has 3 aromatic carbocycles. The Kier molecular flexibility index (Phi) is 7.81. The molecule has 14 heteroatoms.